The Morgan fingerprint density at radius 3 is 3.00 bits per heavy atom. The van der Waals surface area contributed by atoms with E-state index in [0.717, 1.165) is 0 Å². The van der Waals surface area contributed by atoms with E-state index in [9.17, 15) is 4.79 Å². The van der Waals surface area contributed by atoms with Crippen LogP contribution in [0.2, 0.25) is 0 Å². The molecule has 0 aliphatic rings. The molecule has 2 amide bonds. The van der Waals surface area contributed by atoms with Gasteiger partial charge in [-0.25, -0.2) is 0 Å². The average molecular weight is 367 g/mol. The summed E-state index contributed by atoms with van der Waals surface area (Å²) in [6, 6.07) is -0.518. The predicted octanol–water partition coefficient (Wildman–Crippen LogP) is 0.254. The second-order valence-corrected chi connectivity index (χ2v) is 8.49. The summed E-state index contributed by atoms with van der Waals surface area (Å²) in [5.41, 5.74) is 4.85. The summed E-state index contributed by atoms with van der Waals surface area (Å²) in [5, 5.41) is 2.45. The summed E-state index contributed by atoms with van der Waals surface area (Å²) in [7, 11) is 5.59. The number of primary amides is 1. The zero-order valence-electron chi connectivity index (χ0n) is 6.47. The Balaban J connectivity index is 3.22. The molecule has 62 valence electrons. The van der Waals surface area contributed by atoms with E-state index in [1.54, 1.807) is 0 Å². The van der Waals surface area contributed by atoms with Gasteiger partial charge in [0.1, 0.15) is 0 Å². The van der Waals surface area contributed by atoms with Gasteiger partial charge in [-0.2, -0.15) is 0 Å². The van der Waals surface area contributed by atoms with Crippen LogP contribution in [-0.2, 0) is 28.1 Å². The van der Waals surface area contributed by atoms with E-state index >= 15 is 0 Å². The molecule has 1 unspecified atom stereocenters. The minimum atomic E-state index is -1.17. The van der Waals surface area contributed by atoms with Gasteiger partial charge >= 0.3 is 81.9 Å². The van der Waals surface area contributed by atoms with Crippen LogP contribution in [0.15, 0.2) is 0 Å². The fourth-order valence-electron chi connectivity index (χ4n) is 0.549. The fourth-order valence-corrected chi connectivity index (χ4v) is 3.24. The zero-order valence-corrected chi connectivity index (χ0v) is 12.7. The van der Waals surface area contributed by atoms with Gasteiger partial charge in [0.25, 0.3) is 0 Å². The Labute approximate surface area is 81.7 Å². The molecule has 3 N–H and O–H groups in total. The topological polar surface area (TPSA) is 64.3 Å². The van der Waals surface area contributed by atoms with Crippen LogP contribution in [0.25, 0.3) is 0 Å². The first-order valence-electron chi connectivity index (χ1n) is 3.37. The molecule has 0 aliphatic heterocycles. The Kier molecular flexibility index (Phi) is 7.42. The van der Waals surface area contributed by atoms with Gasteiger partial charge in [-0.1, -0.05) is 0 Å². The van der Waals surface area contributed by atoms with Gasteiger partial charge in [0, 0.05) is 0 Å². The van der Waals surface area contributed by atoms with Crippen molar-refractivity contribution in [2.75, 3.05) is 10.7 Å². The second-order valence-electron chi connectivity index (χ2n) is 2.12. The Hall–Kier alpha value is 0.455. The van der Waals surface area contributed by atoms with Crippen molar-refractivity contribution in [2.24, 2.45) is 5.73 Å². The van der Waals surface area contributed by atoms with Crippen LogP contribution in [0.1, 0.15) is 6.92 Å². The van der Waals surface area contributed by atoms with Crippen LogP contribution < -0.4 is 11.1 Å². The summed E-state index contributed by atoms with van der Waals surface area (Å²) in [6.07, 6.45) is 0.0150. The van der Waals surface area contributed by atoms with E-state index in [1.165, 1.54) is 0 Å². The molecule has 0 spiro atoms. The number of rotatable bonds is 5. The molecule has 1 atom stereocenters. The molecular formula is C5H11ClHgN2O2. The van der Waals surface area contributed by atoms with Crippen LogP contribution in [0.3, 0.4) is 0 Å². The first-order valence-corrected chi connectivity index (χ1v) is 14.0. The minimum absolute atomic E-state index is 0.0150. The summed E-state index contributed by atoms with van der Waals surface area (Å²) in [5.74, 6) is 0. The van der Waals surface area contributed by atoms with Gasteiger partial charge in [-0.3, -0.25) is 0 Å². The maximum atomic E-state index is 10.2. The standard InChI is InChI=1S/C5H11N2O2.ClH.Hg/c1-4(9-2)3-7-5(6)8;;/h4H,2-3H2,1H3,(H3,6,7,8);1H;/q;;+1/p-1. The van der Waals surface area contributed by atoms with Gasteiger partial charge in [-0.05, 0) is 0 Å². The van der Waals surface area contributed by atoms with Crippen LogP contribution in [-0.4, -0.2) is 22.8 Å². The molecule has 0 aliphatic carbocycles. The Morgan fingerprint density at radius 2 is 2.55 bits per heavy atom. The predicted molar refractivity (Wildman–Crippen MR) is 38.9 cm³/mol. The Morgan fingerprint density at radius 1 is 1.91 bits per heavy atom. The fraction of sp³-hybridized carbons (Fsp3) is 0.800. The van der Waals surface area contributed by atoms with Crippen molar-refractivity contribution in [3.8, 4) is 0 Å². The van der Waals surface area contributed by atoms with E-state index < -0.39 is 29.4 Å². The number of carbonyl (C=O) groups excluding carboxylic acids is 1. The number of ether oxygens (including phenoxy) is 1. The number of hydrogen-bond donors (Lipinski definition) is 2. The summed E-state index contributed by atoms with van der Waals surface area (Å²) in [6.45, 7) is 2.33. The Bertz CT molecular complexity index is 125. The molecule has 0 heterocycles. The first kappa shape index (κ1) is 11.5. The molecule has 0 aromatic heterocycles. The van der Waals surface area contributed by atoms with Crippen LogP contribution in [0.4, 0.5) is 4.79 Å². The van der Waals surface area contributed by atoms with Gasteiger partial charge in [0.05, 0.1) is 0 Å². The van der Waals surface area contributed by atoms with Crippen molar-refractivity contribution in [3.63, 3.8) is 0 Å². The van der Waals surface area contributed by atoms with Gasteiger partial charge in [-0.15, -0.1) is 0 Å². The van der Waals surface area contributed by atoms with Crippen LogP contribution in [0, 0.1) is 0 Å². The molecule has 6 heteroatoms. The third-order valence-electron chi connectivity index (χ3n) is 1.04. The number of nitrogens with two attached hydrogens (primary N) is 1. The van der Waals surface area contributed by atoms with Crippen molar-refractivity contribution in [1.29, 1.82) is 0 Å². The van der Waals surface area contributed by atoms with Crippen molar-refractivity contribution >= 4 is 14.3 Å². The first-order chi connectivity index (χ1) is 5.16. The van der Waals surface area contributed by atoms with E-state index in [1.807, 2.05) is 6.92 Å². The summed E-state index contributed by atoms with van der Waals surface area (Å²) >= 11 is -1.17. The molecule has 0 fully saturated rings. The maximum absolute atomic E-state index is 10.2. The van der Waals surface area contributed by atoms with Crippen LogP contribution >= 0.6 is 8.25 Å². The third-order valence-corrected chi connectivity index (χ3v) is 3.91. The van der Waals surface area contributed by atoms with E-state index in [0.29, 0.717) is 10.7 Å². The van der Waals surface area contributed by atoms with E-state index in [-0.39, 0.29) is 6.10 Å². The van der Waals surface area contributed by atoms with Crippen molar-refractivity contribution in [2.45, 2.75) is 13.0 Å². The van der Waals surface area contributed by atoms with Crippen molar-refractivity contribution < 1.29 is 32.9 Å². The third kappa shape index (κ3) is 8.36. The summed E-state index contributed by atoms with van der Waals surface area (Å²) < 4.78 is 5.95. The van der Waals surface area contributed by atoms with Crippen LogP contribution in [0.5, 0.6) is 0 Å². The van der Waals surface area contributed by atoms with Gasteiger partial charge in [0.15, 0.2) is 0 Å². The number of amides is 2. The van der Waals surface area contributed by atoms with Gasteiger partial charge < -0.3 is 0 Å². The molecule has 11 heavy (non-hydrogen) atoms. The molecule has 0 radical (unpaired) electrons. The second kappa shape index (κ2) is 7.12. The average Bonchev–Trinajstić information content (AvgIpc) is 1.97. The molecule has 0 saturated heterocycles. The van der Waals surface area contributed by atoms with E-state index in [4.69, 9.17) is 18.7 Å². The monoisotopic (exact) mass is 368 g/mol. The molecule has 0 bridgehead atoms. The quantitative estimate of drug-likeness (QED) is 0.685. The number of hydrogen-bond acceptors (Lipinski definition) is 2. The number of carbonyl (C=O) groups is 1. The number of nitrogens with one attached hydrogen (secondary N) is 1. The summed E-state index contributed by atoms with van der Waals surface area (Å²) in [4.78, 5) is 10.2. The van der Waals surface area contributed by atoms with Crippen molar-refractivity contribution in [3.05, 3.63) is 0 Å². The zero-order chi connectivity index (χ0) is 8.69. The van der Waals surface area contributed by atoms with E-state index in [2.05, 4.69) is 5.32 Å². The molecule has 0 aromatic rings. The number of halogens is 1. The molecule has 4 nitrogen and oxygen atoms in total. The SMILES string of the molecule is CC(CNC(N)=O)O[CH2][Hg][Cl]. The number of urea groups is 1. The van der Waals surface area contributed by atoms with Gasteiger partial charge in [0.2, 0.25) is 0 Å². The van der Waals surface area contributed by atoms with Crippen molar-refractivity contribution in [1.82, 2.24) is 5.32 Å². The molecule has 0 aromatic carbocycles. The normalized spacial score (nSPS) is 11.8. The molecule has 0 saturated carbocycles. The molecular weight excluding hydrogens is 356 g/mol. The molecule has 0 rings (SSSR count).